The maximum Gasteiger partial charge on any atom is 0.289 e. The van der Waals surface area contributed by atoms with Crippen molar-refractivity contribution < 1.29 is 28.9 Å². The van der Waals surface area contributed by atoms with Crippen LogP contribution in [-0.4, -0.2) is 80.3 Å². The average Bonchev–Trinajstić information content (AvgIpc) is 3.63. The van der Waals surface area contributed by atoms with Gasteiger partial charge in [-0.25, -0.2) is 0 Å². The van der Waals surface area contributed by atoms with Gasteiger partial charge in [0.2, 0.25) is 29.5 Å². The molecule has 292 valence electrons. The third-order valence-electron chi connectivity index (χ3n) is 8.88. The van der Waals surface area contributed by atoms with Gasteiger partial charge in [0, 0.05) is 31.2 Å². The fraction of sp³-hybridized carbons (Fsp3) is 0.389. The summed E-state index contributed by atoms with van der Waals surface area (Å²) in [5.74, 6) is -4.06. The normalized spacial score (nSPS) is 14.5. The zero-order valence-electron chi connectivity index (χ0n) is 30.1. The van der Waals surface area contributed by atoms with Crippen molar-refractivity contribution in [1.29, 1.82) is 0 Å². The number of amides is 5. The Kier molecular flexibility index (Phi) is 15.4. The first-order valence-electron chi connectivity index (χ1n) is 17.8. The number of aromatic amines is 1. The second-order valence-electron chi connectivity index (χ2n) is 13.1. The van der Waals surface area contributed by atoms with Crippen molar-refractivity contribution in [2.75, 3.05) is 11.9 Å². The Labute approximate surface area is 316 Å². The van der Waals surface area contributed by atoms with E-state index in [1.807, 2.05) is 6.07 Å². The summed E-state index contributed by atoms with van der Waals surface area (Å²) in [6, 6.07) is 11.4. The quantitative estimate of drug-likeness (QED) is 0.0214. The number of nitrogens with zero attached hydrogens (tertiary/aromatic N) is 4. The molecule has 0 spiro atoms. The van der Waals surface area contributed by atoms with E-state index in [4.69, 9.17) is 17.2 Å². The molecular weight excluding hydrogens is 712 g/mol. The maximum atomic E-state index is 13.9. The lowest BCUT2D eigenvalue weighted by molar-refractivity contribution is -0.384. The molecule has 1 aliphatic rings. The molecule has 19 heteroatoms. The number of hydrogen-bond acceptors (Lipinski definition) is 10. The van der Waals surface area contributed by atoms with Crippen LogP contribution in [0.4, 0.5) is 11.6 Å². The summed E-state index contributed by atoms with van der Waals surface area (Å²) in [5.41, 5.74) is 17.6. The van der Waals surface area contributed by atoms with Gasteiger partial charge in [0.25, 0.3) is 17.5 Å². The summed E-state index contributed by atoms with van der Waals surface area (Å²) in [6.07, 6.45) is 7.99. The first-order chi connectivity index (χ1) is 26.4. The molecule has 0 radical (unpaired) electrons. The van der Waals surface area contributed by atoms with Crippen LogP contribution in [0.15, 0.2) is 65.7 Å². The van der Waals surface area contributed by atoms with E-state index in [2.05, 4.69) is 41.4 Å². The van der Waals surface area contributed by atoms with Gasteiger partial charge in [0.15, 0.2) is 5.96 Å². The van der Waals surface area contributed by atoms with Crippen LogP contribution in [0.5, 0.6) is 0 Å². The van der Waals surface area contributed by atoms with Gasteiger partial charge in [-0.05, 0) is 42.4 Å². The van der Waals surface area contributed by atoms with Crippen molar-refractivity contribution in [2.24, 2.45) is 28.1 Å². The summed E-state index contributed by atoms with van der Waals surface area (Å²) < 4.78 is 0. The van der Waals surface area contributed by atoms with Crippen molar-refractivity contribution in [1.82, 2.24) is 31.1 Å². The molecule has 55 heavy (non-hydrogen) atoms. The fourth-order valence-electron chi connectivity index (χ4n) is 6.09. The third-order valence-corrected chi connectivity index (χ3v) is 8.88. The molecule has 4 rings (SSSR count). The lowest BCUT2D eigenvalue weighted by Crippen LogP contribution is -2.57. The summed E-state index contributed by atoms with van der Waals surface area (Å²) >= 11 is 0. The highest BCUT2D eigenvalue weighted by molar-refractivity contribution is 6.01. The predicted octanol–water partition coefficient (Wildman–Crippen LogP) is 1.18. The number of hydrogen-bond donors (Lipinski definition) is 8. The number of aromatic nitrogens is 3. The van der Waals surface area contributed by atoms with Crippen molar-refractivity contribution >= 4 is 53.2 Å². The number of guanidine groups is 1. The molecule has 0 aliphatic heterocycles. The smallest absolute Gasteiger partial charge is 0.289 e. The molecule has 1 aromatic heterocycles. The lowest BCUT2D eigenvalue weighted by atomic mass is 9.84. The fourth-order valence-corrected chi connectivity index (χ4v) is 6.09. The van der Waals surface area contributed by atoms with Crippen LogP contribution < -0.4 is 38.5 Å². The van der Waals surface area contributed by atoms with Gasteiger partial charge < -0.3 is 33.2 Å². The monoisotopic (exact) mass is 758 g/mol. The number of carbonyl (C=O) groups excluding carboxylic acids is 5. The van der Waals surface area contributed by atoms with Gasteiger partial charge in [0.05, 0.1) is 4.92 Å². The molecule has 5 amide bonds. The van der Waals surface area contributed by atoms with E-state index in [1.54, 1.807) is 30.3 Å². The van der Waals surface area contributed by atoms with Crippen molar-refractivity contribution in [3.8, 4) is 0 Å². The first kappa shape index (κ1) is 41.1. The molecular formula is C36H46N12O7. The first-order valence-corrected chi connectivity index (χ1v) is 17.8. The number of nitro groups is 1. The molecule has 1 aliphatic carbocycles. The highest BCUT2D eigenvalue weighted by atomic mass is 16.6. The number of nitrogens with one attached hydrogen (secondary N) is 5. The summed E-state index contributed by atoms with van der Waals surface area (Å²) in [4.78, 5) is 84.3. The summed E-state index contributed by atoms with van der Waals surface area (Å²) in [7, 11) is 0. The number of benzene rings is 2. The van der Waals surface area contributed by atoms with Gasteiger partial charge in [0.1, 0.15) is 18.1 Å². The minimum atomic E-state index is -1.15. The molecule has 1 fully saturated rings. The van der Waals surface area contributed by atoms with Crippen LogP contribution in [0.3, 0.4) is 0 Å². The van der Waals surface area contributed by atoms with Gasteiger partial charge in [-0.1, -0.05) is 74.6 Å². The number of carbonyl (C=O) groups is 5. The predicted molar refractivity (Wildman–Crippen MR) is 203 cm³/mol. The minimum absolute atomic E-state index is 0.0933. The minimum Gasteiger partial charge on any atom is -0.370 e. The largest absolute Gasteiger partial charge is 0.370 e. The Bertz CT molecular complexity index is 1870. The number of rotatable bonds is 19. The molecule has 3 aromatic rings. The number of non-ortho nitro benzene ring substituents is 1. The van der Waals surface area contributed by atoms with E-state index in [0.717, 1.165) is 43.7 Å². The highest BCUT2D eigenvalue weighted by Crippen LogP contribution is 2.27. The molecule has 11 N–H and O–H groups in total. The Morgan fingerprint density at radius 1 is 0.927 bits per heavy atom. The SMILES string of the molecule is NC(=O)[C@H](Cc1ccccc1)NC(=O)[C@H](CCCN=C(N)N)NC(=O)[C@H](CC1CCCCC1)NC(=O)c1nc(NC(=O)/C=C/c2cccc([N+](=O)[O-])c2)n[nH]1. The number of primary amides is 1. The van der Waals surface area contributed by atoms with E-state index in [-0.39, 0.29) is 55.1 Å². The standard InChI is InChI=1S/C36H46N12O7/c37-30(50)27(20-22-9-3-1-4-10-22)42-32(51)26(15-8-18-40-35(38)39)41-33(52)28(21-23-11-5-2-6-12-23)43-34(53)31-45-36(47-46-31)44-29(49)17-16-24-13-7-14-25(19-24)48(54)55/h1,3-4,7,9-10,13-14,16-17,19,23,26-28H,2,5-6,8,11-12,15,18,20-21H2,(H2,37,50)(H,41,52)(H,42,51)(H,43,53)(H4,38,39,40)(H2,44,45,46,47,49)/b17-16+/t26-,27-,28-/m0/s1. The zero-order chi connectivity index (χ0) is 39.7. The number of anilines is 1. The second-order valence-corrected chi connectivity index (χ2v) is 13.1. The van der Waals surface area contributed by atoms with Crippen LogP contribution in [-0.2, 0) is 25.6 Å². The topological polar surface area (TPSA) is 309 Å². The van der Waals surface area contributed by atoms with Gasteiger partial charge in [-0.3, -0.25) is 49.5 Å². The number of aliphatic imine (C=N–C) groups is 1. The van der Waals surface area contributed by atoms with E-state index in [0.29, 0.717) is 12.0 Å². The van der Waals surface area contributed by atoms with Crippen LogP contribution >= 0.6 is 0 Å². The molecule has 0 saturated heterocycles. The summed E-state index contributed by atoms with van der Waals surface area (Å²) in [6.45, 7) is 0.169. The molecule has 1 saturated carbocycles. The Hall–Kier alpha value is -6.66. The Balaban J connectivity index is 1.46. The molecule has 0 bridgehead atoms. The van der Waals surface area contributed by atoms with Crippen LogP contribution in [0.1, 0.15) is 73.1 Å². The Morgan fingerprint density at radius 3 is 2.33 bits per heavy atom. The number of nitro benzene ring substituents is 1. The van der Waals surface area contributed by atoms with E-state index < -0.39 is 52.6 Å². The average molecular weight is 759 g/mol. The van der Waals surface area contributed by atoms with Crippen LogP contribution in [0, 0.1) is 16.0 Å². The molecule has 0 unspecified atom stereocenters. The van der Waals surface area contributed by atoms with Crippen LogP contribution in [0.2, 0.25) is 0 Å². The lowest BCUT2D eigenvalue weighted by Gasteiger charge is -2.28. The zero-order valence-corrected chi connectivity index (χ0v) is 30.1. The van der Waals surface area contributed by atoms with Crippen molar-refractivity contribution in [3.05, 3.63) is 87.7 Å². The van der Waals surface area contributed by atoms with E-state index in [1.165, 1.54) is 24.3 Å². The Morgan fingerprint density at radius 2 is 1.64 bits per heavy atom. The van der Waals surface area contributed by atoms with E-state index in [9.17, 15) is 34.1 Å². The van der Waals surface area contributed by atoms with Gasteiger partial charge in [-0.2, -0.15) is 4.98 Å². The molecule has 3 atom stereocenters. The van der Waals surface area contributed by atoms with Crippen LogP contribution in [0.25, 0.3) is 6.08 Å². The van der Waals surface area contributed by atoms with Gasteiger partial charge >= 0.3 is 0 Å². The number of H-pyrrole nitrogens is 1. The van der Waals surface area contributed by atoms with Crippen molar-refractivity contribution in [3.63, 3.8) is 0 Å². The summed E-state index contributed by atoms with van der Waals surface area (Å²) in [5, 5.41) is 27.8. The maximum absolute atomic E-state index is 13.9. The highest BCUT2D eigenvalue weighted by Gasteiger charge is 2.32. The third kappa shape index (κ3) is 13.7. The van der Waals surface area contributed by atoms with E-state index >= 15 is 0 Å². The second kappa shape index (κ2) is 20.5. The van der Waals surface area contributed by atoms with Gasteiger partial charge in [-0.15, -0.1) is 5.10 Å². The number of nitrogens with two attached hydrogens (primary N) is 3. The molecule has 2 aromatic carbocycles. The molecule has 19 nitrogen and oxygen atoms in total. The molecule has 1 heterocycles. The van der Waals surface area contributed by atoms with Crippen molar-refractivity contribution in [2.45, 2.75) is 75.9 Å².